The molecule has 1 fully saturated rings. The zero-order valence-electron chi connectivity index (χ0n) is 12.7. The van der Waals surface area contributed by atoms with E-state index in [-0.39, 0.29) is 0 Å². The van der Waals surface area contributed by atoms with Crippen molar-refractivity contribution in [1.82, 2.24) is 24.6 Å². The van der Waals surface area contributed by atoms with Crippen LogP contribution in [0.25, 0.3) is 16.9 Å². The van der Waals surface area contributed by atoms with Crippen LogP contribution < -0.4 is 5.32 Å². The van der Waals surface area contributed by atoms with Gasteiger partial charge < -0.3 is 10.2 Å². The average molecular weight is 409 g/mol. The number of halogens is 3. The Kier molecular flexibility index (Phi) is 3.64. The standard InChI is InChI=1S/C15H11BrF2N6O/c16-10-3-9-6-24(22-13(9)20-5-10)12-4-11(1-2-19-12)21-14(25)23-7-15(17,18)8-23/h1-6H,7-8H2,(H,19,21,25). The van der Waals surface area contributed by atoms with E-state index < -0.39 is 25.0 Å². The van der Waals surface area contributed by atoms with Crippen LogP contribution in [0, 0.1) is 0 Å². The van der Waals surface area contributed by atoms with Crippen molar-refractivity contribution in [3.05, 3.63) is 41.3 Å². The molecule has 1 aliphatic rings. The van der Waals surface area contributed by atoms with E-state index in [4.69, 9.17) is 0 Å². The number of aromatic nitrogens is 4. The number of carbonyl (C=O) groups excluding carboxylic acids is 1. The Balaban J connectivity index is 1.55. The Morgan fingerprint density at radius 2 is 2.08 bits per heavy atom. The molecule has 3 aromatic rings. The first kappa shape index (κ1) is 15.9. The number of hydrogen-bond donors (Lipinski definition) is 1. The number of urea groups is 1. The number of fused-ring (bicyclic) bond motifs is 1. The van der Waals surface area contributed by atoms with Gasteiger partial charge in [0.15, 0.2) is 11.5 Å². The molecule has 1 aliphatic heterocycles. The lowest BCUT2D eigenvalue weighted by molar-refractivity contribution is -0.107. The third kappa shape index (κ3) is 3.16. The van der Waals surface area contributed by atoms with Gasteiger partial charge in [-0.15, -0.1) is 5.10 Å². The summed E-state index contributed by atoms with van der Waals surface area (Å²) in [5.74, 6) is -2.32. The number of likely N-dealkylation sites (tertiary alicyclic amines) is 1. The van der Waals surface area contributed by atoms with Gasteiger partial charge in [0.2, 0.25) is 0 Å². The topological polar surface area (TPSA) is 75.9 Å². The SMILES string of the molecule is O=C(Nc1ccnc(-n2cc3cc(Br)cnc3n2)c1)N1CC(F)(F)C1. The van der Waals surface area contributed by atoms with Crippen molar-refractivity contribution >= 4 is 38.7 Å². The summed E-state index contributed by atoms with van der Waals surface area (Å²) in [4.78, 5) is 21.4. The van der Waals surface area contributed by atoms with Crippen molar-refractivity contribution in [2.75, 3.05) is 18.4 Å². The zero-order valence-corrected chi connectivity index (χ0v) is 14.2. The molecule has 0 spiro atoms. The van der Waals surface area contributed by atoms with Gasteiger partial charge in [0.1, 0.15) is 0 Å². The first-order chi connectivity index (χ1) is 11.9. The van der Waals surface area contributed by atoms with Crippen molar-refractivity contribution in [1.29, 1.82) is 0 Å². The molecular weight excluding hydrogens is 398 g/mol. The molecule has 25 heavy (non-hydrogen) atoms. The number of pyridine rings is 2. The number of anilines is 1. The predicted octanol–water partition coefficient (Wildman–Crippen LogP) is 3.06. The zero-order chi connectivity index (χ0) is 17.6. The molecule has 2 amide bonds. The van der Waals surface area contributed by atoms with E-state index in [1.54, 1.807) is 24.5 Å². The van der Waals surface area contributed by atoms with Gasteiger partial charge in [-0.2, -0.15) is 0 Å². The van der Waals surface area contributed by atoms with Gasteiger partial charge in [-0.1, -0.05) is 0 Å². The fraction of sp³-hybridized carbons (Fsp3) is 0.200. The summed E-state index contributed by atoms with van der Waals surface area (Å²) in [6, 6.07) is 4.50. The van der Waals surface area contributed by atoms with Gasteiger partial charge in [0.25, 0.3) is 5.92 Å². The van der Waals surface area contributed by atoms with Gasteiger partial charge in [-0.05, 0) is 28.1 Å². The third-order valence-corrected chi connectivity index (χ3v) is 4.12. The molecule has 1 saturated heterocycles. The van der Waals surface area contributed by atoms with Crippen LogP contribution in [0.15, 0.2) is 41.3 Å². The highest BCUT2D eigenvalue weighted by molar-refractivity contribution is 9.10. The monoisotopic (exact) mass is 408 g/mol. The van der Waals surface area contributed by atoms with E-state index in [2.05, 4.69) is 36.3 Å². The fourth-order valence-electron chi connectivity index (χ4n) is 2.49. The van der Waals surface area contributed by atoms with Crippen LogP contribution in [0.4, 0.5) is 19.3 Å². The van der Waals surface area contributed by atoms with E-state index in [1.165, 1.54) is 10.9 Å². The van der Waals surface area contributed by atoms with Crippen LogP contribution in [-0.4, -0.2) is 49.7 Å². The maximum Gasteiger partial charge on any atom is 0.322 e. The first-order valence-corrected chi connectivity index (χ1v) is 8.10. The lowest BCUT2D eigenvalue weighted by Gasteiger charge is -2.38. The molecule has 0 saturated carbocycles. The molecular formula is C15H11BrF2N6O. The molecule has 3 aromatic heterocycles. The summed E-state index contributed by atoms with van der Waals surface area (Å²) >= 11 is 3.35. The number of hydrogen-bond acceptors (Lipinski definition) is 4. The summed E-state index contributed by atoms with van der Waals surface area (Å²) < 4.78 is 28.1. The number of nitrogens with one attached hydrogen (secondary N) is 1. The van der Waals surface area contributed by atoms with Crippen molar-refractivity contribution < 1.29 is 13.6 Å². The van der Waals surface area contributed by atoms with E-state index in [1.807, 2.05) is 6.07 Å². The summed E-state index contributed by atoms with van der Waals surface area (Å²) in [5, 5.41) is 7.74. The van der Waals surface area contributed by atoms with Crippen LogP contribution >= 0.6 is 15.9 Å². The Labute approximate surface area is 148 Å². The van der Waals surface area contributed by atoms with Crippen molar-refractivity contribution in [2.45, 2.75) is 5.92 Å². The molecule has 0 aromatic carbocycles. The Morgan fingerprint density at radius 3 is 2.84 bits per heavy atom. The first-order valence-electron chi connectivity index (χ1n) is 7.31. The van der Waals surface area contributed by atoms with Crippen molar-refractivity contribution in [2.24, 2.45) is 0 Å². The van der Waals surface area contributed by atoms with Crippen LogP contribution in [0.3, 0.4) is 0 Å². The van der Waals surface area contributed by atoms with Crippen molar-refractivity contribution in [3.63, 3.8) is 0 Å². The van der Waals surface area contributed by atoms with E-state index in [0.29, 0.717) is 17.2 Å². The largest absolute Gasteiger partial charge is 0.322 e. The minimum Gasteiger partial charge on any atom is -0.312 e. The summed E-state index contributed by atoms with van der Waals surface area (Å²) in [6.07, 6.45) is 4.91. The Hall–Kier alpha value is -2.62. The number of amides is 2. The molecule has 4 heterocycles. The third-order valence-electron chi connectivity index (χ3n) is 3.69. The quantitative estimate of drug-likeness (QED) is 0.706. The van der Waals surface area contributed by atoms with Gasteiger partial charge in [-0.25, -0.2) is 28.2 Å². The molecule has 4 rings (SSSR count). The Bertz CT molecular complexity index is 968. The van der Waals surface area contributed by atoms with E-state index >= 15 is 0 Å². The van der Waals surface area contributed by atoms with Crippen LogP contribution in [0.2, 0.25) is 0 Å². The molecule has 7 nitrogen and oxygen atoms in total. The molecule has 1 N–H and O–H groups in total. The molecule has 0 atom stereocenters. The lowest BCUT2D eigenvalue weighted by Crippen LogP contribution is -2.59. The number of carbonyl (C=O) groups is 1. The maximum atomic E-state index is 12.9. The molecule has 0 bridgehead atoms. The van der Waals surface area contributed by atoms with Gasteiger partial charge in [-0.3, -0.25) is 0 Å². The second-order valence-electron chi connectivity index (χ2n) is 5.68. The van der Waals surface area contributed by atoms with Crippen LogP contribution in [0.1, 0.15) is 0 Å². The summed E-state index contributed by atoms with van der Waals surface area (Å²) in [7, 11) is 0. The highest BCUT2D eigenvalue weighted by Crippen LogP contribution is 2.27. The van der Waals surface area contributed by atoms with E-state index in [9.17, 15) is 13.6 Å². The smallest absolute Gasteiger partial charge is 0.312 e. The highest BCUT2D eigenvalue weighted by atomic mass is 79.9. The number of rotatable bonds is 2. The van der Waals surface area contributed by atoms with Gasteiger partial charge in [0, 0.05) is 40.2 Å². The van der Waals surface area contributed by atoms with Gasteiger partial charge >= 0.3 is 6.03 Å². The minimum atomic E-state index is -2.79. The van der Waals surface area contributed by atoms with Crippen LogP contribution in [-0.2, 0) is 0 Å². The second-order valence-corrected chi connectivity index (χ2v) is 6.60. The highest BCUT2D eigenvalue weighted by Gasteiger charge is 2.46. The van der Waals surface area contributed by atoms with Crippen LogP contribution in [0.5, 0.6) is 0 Å². The summed E-state index contributed by atoms with van der Waals surface area (Å²) in [6.45, 7) is -1.14. The second kappa shape index (κ2) is 5.73. The normalized spacial score (nSPS) is 15.9. The number of alkyl halides is 2. The molecule has 0 aliphatic carbocycles. The average Bonchev–Trinajstić information content (AvgIpc) is 2.96. The molecule has 128 valence electrons. The summed E-state index contributed by atoms with van der Waals surface area (Å²) in [5.41, 5.74) is 1.00. The Morgan fingerprint density at radius 1 is 1.28 bits per heavy atom. The molecule has 0 unspecified atom stereocenters. The molecule has 0 radical (unpaired) electrons. The van der Waals surface area contributed by atoms with Crippen molar-refractivity contribution in [3.8, 4) is 5.82 Å². The predicted molar refractivity (Wildman–Crippen MR) is 89.9 cm³/mol. The number of nitrogens with zero attached hydrogens (tertiary/aromatic N) is 5. The maximum absolute atomic E-state index is 12.9. The lowest BCUT2D eigenvalue weighted by atomic mass is 10.2. The van der Waals surface area contributed by atoms with E-state index in [0.717, 1.165) is 14.8 Å². The minimum absolute atomic E-state index is 0.443. The fourth-order valence-corrected chi connectivity index (χ4v) is 2.84. The van der Waals surface area contributed by atoms with Gasteiger partial charge in [0.05, 0.1) is 13.1 Å². The molecule has 10 heteroatoms.